The normalized spacial score (nSPS) is 22.8. The summed E-state index contributed by atoms with van der Waals surface area (Å²) in [6, 6.07) is 14.2. The Kier molecular flexibility index (Phi) is 6.04. The summed E-state index contributed by atoms with van der Waals surface area (Å²) in [5, 5.41) is 15.2. The lowest BCUT2D eigenvalue weighted by Crippen LogP contribution is -2.54. The number of alkyl halides is 3. The molecule has 0 aromatic heterocycles. The number of piperidine rings is 1. The van der Waals surface area contributed by atoms with Gasteiger partial charge in [0.05, 0.1) is 23.6 Å². The number of hydrogen-bond donors (Lipinski definition) is 1. The Bertz CT molecular complexity index is 1100. The second-order valence-electron chi connectivity index (χ2n) is 8.07. The van der Waals surface area contributed by atoms with E-state index >= 15 is 0 Å². The topological polar surface area (TPSA) is 73.2 Å². The van der Waals surface area contributed by atoms with E-state index in [1.54, 1.807) is 30.3 Å². The van der Waals surface area contributed by atoms with Crippen LogP contribution in [-0.4, -0.2) is 53.5 Å². The van der Waals surface area contributed by atoms with Gasteiger partial charge in [-0.1, -0.05) is 48.9 Å². The van der Waals surface area contributed by atoms with Crippen molar-refractivity contribution < 1.29 is 26.7 Å². The first-order valence-corrected chi connectivity index (χ1v) is 11.8. The molecule has 1 fully saturated rings. The van der Waals surface area contributed by atoms with E-state index in [1.165, 1.54) is 28.6 Å². The highest BCUT2D eigenvalue weighted by Crippen LogP contribution is 2.42. The van der Waals surface area contributed by atoms with Crippen molar-refractivity contribution in [2.75, 3.05) is 13.1 Å². The van der Waals surface area contributed by atoms with E-state index in [-0.39, 0.29) is 10.6 Å². The molecule has 2 aromatic carbocycles. The highest BCUT2D eigenvalue weighted by molar-refractivity contribution is 7.89. The number of hydrazone groups is 1. The molecule has 0 aliphatic carbocycles. The van der Waals surface area contributed by atoms with Crippen molar-refractivity contribution in [3.8, 4) is 0 Å². The van der Waals surface area contributed by atoms with Gasteiger partial charge in [0, 0.05) is 13.1 Å². The Morgan fingerprint density at radius 2 is 1.69 bits per heavy atom. The Balaban J connectivity index is 1.64. The van der Waals surface area contributed by atoms with Crippen LogP contribution >= 0.6 is 0 Å². The lowest BCUT2D eigenvalue weighted by atomic mass is 10.0. The minimum absolute atomic E-state index is 0.0268. The van der Waals surface area contributed by atoms with Crippen molar-refractivity contribution in [2.24, 2.45) is 5.10 Å². The Morgan fingerprint density at radius 1 is 1.00 bits per heavy atom. The molecule has 0 saturated carbocycles. The second-order valence-corrected chi connectivity index (χ2v) is 10.0. The number of hydrogen-bond acceptors (Lipinski definition) is 5. The Hall–Kier alpha value is -2.43. The molecule has 0 radical (unpaired) electrons. The number of halogens is 3. The fraction of sp³-hybridized carbons (Fsp3) is 0.409. The molecular weight excluding hydrogens is 443 g/mol. The monoisotopic (exact) mass is 467 g/mol. The van der Waals surface area contributed by atoms with Gasteiger partial charge in [0.1, 0.15) is 0 Å². The average Bonchev–Trinajstić information content (AvgIpc) is 3.13. The van der Waals surface area contributed by atoms with Crippen molar-refractivity contribution >= 4 is 15.7 Å². The summed E-state index contributed by atoms with van der Waals surface area (Å²) < 4.78 is 68.8. The maximum Gasteiger partial charge on any atom is 0.438 e. The Labute approximate surface area is 185 Å². The lowest BCUT2D eigenvalue weighted by molar-refractivity contribution is -0.310. The van der Waals surface area contributed by atoms with E-state index in [2.05, 4.69) is 5.10 Å². The summed E-state index contributed by atoms with van der Waals surface area (Å²) in [7, 11) is -3.73. The first kappa shape index (κ1) is 22.8. The predicted octanol–water partition coefficient (Wildman–Crippen LogP) is 3.72. The van der Waals surface area contributed by atoms with Gasteiger partial charge in [-0.2, -0.15) is 22.6 Å². The van der Waals surface area contributed by atoms with E-state index < -0.39 is 34.9 Å². The van der Waals surface area contributed by atoms with Gasteiger partial charge in [-0.3, -0.25) is 5.01 Å². The van der Waals surface area contributed by atoms with Crippen LogP contribution in [0.1, 0.15) is 36.8 Å². The molecule has 0 bridgehead atoms. The maximum absolute atomic E-state index is 13.8. The summed E-state index contributed by atoms with van der Waals surface area (Å²) in [4.78, 5) is 0.0268. The van der Waals surface area contributed by atoms with Gasteiger partial charge in [0.15, 0.2) is 0 Å². The van der Waals surface area contributed by atoms with Crippen LogP contribution in [0, 0.1) is 0 Å². The van der Waals surface area contributed by atoms with Crippen molar-refractivity contribution in [3.05, 3.63) is 65.7 Å². The van der Waals surface area contributed by atoms with E-state index in [0.29, 0.717) is 29.2 Å². The van der Waals surface area contributed by atoms with E-state index in [4.69, 9.17) is 0 Å². The molecule has 0 amide bonds. The molecule has 1 unspecified atom stereocenters. The molecule has 2 aliphatic rings. The van der Waals surface area contributed by atoms with Crippen molar-refractivity contribution in [1.29, 1.82) is 0 Å². The maximum atomic E-state index is 13.8. The molecule has 1 atom stereocenters. The standard InChI is InChI=1S/C22H24F3N3O3S/c23-22(24,25)21(29)15-20(18-9-3-1-4-10-18)26-28(21)16-17-8-7-11-19(14-17)32(30,31)27-12-5-2-6-13-27/h1,3-4,7-11,14,29H,2,5-6,12-13,15-16H2. The quantitative estimate of drug-likeness (QED) is 0.728. The fourth-order valence-corrected chi connectivity index (χ4v) is 5.61. The highest BCUT2D eigenvalue weighted by Gasteiger charge is 2.61. The van der Waals surface area contributed by atoms with Crippen molar-refractivity contribution in [2.45, 2.75) is 49.0 Å². The first-order valence-electron chi connectivity index (χ1n) is 10.4. The molecule has 2 aliphatic heterocycles. The smallest absolute Gasteiger partial charge is 0.362 e. The van der Waals surface area contributed by atoms with Crippen LogP contribution in [0.5, 0.6) is 0 Å². The number of sulfonamides is 1. The molecule has 4 rings (SSSR count). The molecule has 2 aromatic rings. The lowest BCUT2D eigenvalue weighted by Gasteiger charge is -2.34. The zero-order chi connectivity index (χ0) is 23.0. The predicted molar refractivity (Wildman–Crippen MR) is 113 cm³/mol. The molecule has 6 nitrogen and oxygen atoms in total. The van der Waals surface area contributed by atoms with Crippen LogP contribution in [0.15, 0.2) is 64.6 Å². The molecule has 0 spiro atoms. The van der Waals surface area contributed by atoms with Crippen LogP contribution in [0.25, 0.3) is 0 Å². The minimum atomic E-state index is -4.95. The highest BCUT2D eigenvalue weighted by atomic mass is 32.2. The zero-order valence-corrected chi connectivity index (χ0v) is 18.1. The summed E-state index contributed by atoms with van der Waals surface area (Å²) in [6.45, 7) is 0.462. The van der Waals surface area contributed by atoms with Crippen LogP contribution in [0.3, 0.4) is 0 Å². The molecule has 1 saturated heterocycles. The number of nitrogens with zero attached hydrogens (tertiary/aromatic N) is 3. The van der Waals surface area contributed by atoms with Crippen LogP contribution in [0.2, 0.25) is 0 Å². The first-order chi connectivity index (χ1) is 15.1. The van der Waals surface area contributed by atoms with Gasteiger partial charge in [0.2, 0.25) is 10.0 Å². The van der Waals surface area contributed by atoms with Crippen LogP contribution < -0.4 is 0 Å². The summed E-state index contributed by atoms with van der Waals surface area (Å²) in [6.07, 6.45) is -3.14. The van der Waals surface area contributed by atoms with Crippen molar-refractivity contribution in [3.63, 3.8) is 0 Å². The van der Waals surface area contributed by atoms with Gasteiger partial charge >= 0.3 is 6.18 Å². The van der Waals surface area contributed by atoms with Gasteiger partial charge in [-0.15, -0.1) is 0 Å². The molecule has 10 heteroatoms. The third-order valence-electron chi connectivity index (χ3n) is 5.83. The van der Waals surface area contributed by atoms with E-state index in [9.17, 15) is 26.7 Å². The second kappa shape index (κ2) is 8.49. The average molecular weight is 468 g/mol. The molecular formula is C22H24F3N3O3S. The van der Waals surface area contributed by atoms with E-state index in [1.807, 2.05) is 0 Å². The SMILES string of the molecule is O=S(=O)(c1cccc(CN2N=C(c3ccccc3)CC2(O)C(F)(F)F)c1)N1CCCCC1. The summed E-state index contributed by atoms with van der Waals surface area (Å²) in [5.74, 6) is 0. The van der Waals surface area contributed by atoms with Crippen LogP contribution in [-0.2, 0) is 16.6 Å². The minimum Gasteiger partial charge on any atom is -0.362 e. The molecule has 172 valence electrons. The van der Waals surface area contributed by atoms with Gasteiger partial charge in [0.25, 0.3) is 5.72 Å². The Morgan fingerprint density at radius 3 is 2.34 bits per heavy atom. The summed E-state index contributed by atoms with van der Waals surface area (Å²) in [5.41, 5.74) is -2.27. The largest absolute Gasteiger partial charge is 0.438 e. The van der Waals surface area contributed by atoms with Crippen molar-refractivity contribution in [1.82, 2.24) is 9.31 Å². The number of benzene rings is 2. The van der Waals surface area contributed by atoms with Gasteiger partial charge in [-0.25, -0.2) is 8.42 Å². The molecule has 32 heavy (non-hydrogen) atoms. The number of aliphatic hydroxyl groups is 1. The van der Waals surface area contributed by atoms with Gasteiger partial charge in [-0.05, 0) is 36.1 Å². The third-order valence-corrected chi connectivity index (χ3v) is 7.72. The van der Waals surface area contributed by atoms with E-state index in [0.717, 1.165) is 19.3 Å². The summed E-state index contributed by atoms with van der Waals surface area (Å²) >= 11 is 0. The zero-order valence-electron chi connectivity index (χ0n) is 17.3. The van der Waals surface area contributed by atoms with Gasteiger partial charge < -0.3 is 5.11 Å². The molecule has 2 heterocycles. The fourth-order valence-electron chi connectivity index (χ4n) is 4.02. The third kappa shape index (κ3) is 4.26. The molecule has 1 N–H and O–H groups in total. The van der Waals surface area contributed by atoms with Crippen LogP contribution in [0.4, 0.5) is 13.2 Å². The number of rotatable bonds is 5.